The van der Waals surface area contributed by atoms with E-state index in [9.17, 15) is 28.9 Å². The molecule has 364 valence electrons. The van der Waals surface area contributed by atoms with Crippen LogP contribution in [0.2, 0.25) is 0 Å². The van der Waals surface area contributed by atoms with Crippen LogP contribution in [0.4, 0.5) is 0 Å². The van der Waals surface area contributed by atoms with Crippen molar-refractivity contribution in [2.45, 2.75) is 61.4 Å². The number of carbonyl (C=O) groups is 2. The van der Waals surface area contributed by atoms with Crippen LogP contribution in [0.3, 0.4) is 0 Å². The number of carbonyl (C=O) groups excluding carboxylic acids is 2. The van der Waals surface area contributed by atoms with Crippen LogP contribution in [0, 0.1) is 41.5 Å². The Morgan fingerprint density at radius 3 is 1.10 bits per heavy atom. The monoisotopic (exact) mass is 982 g/mol. The van der Waals surface area contributed by atoms with Gasteiger partial charge in [0.05, 0.1) is 26.4 Å². The van der Waals surface area contributed by atoms with Crippen molar-refractivity contribution < 1.29 is 39.1 Å². The van der Waals surface area contributed by atoms with Crippen molar-refractivity contribution in [1.29, 1.82) is 0 Å². The number of hydrogen-bond donors (Lipinski definition) is 5. The molecule has 0 amide bonds. The lowest BCUT2D eigenvalue weighted by Crippen LogP contribution is -2.30. The van der Waals surface area contributed by atoms with Crippen molar-refractivity contribution >= 4 is 58.2 Å². The summed E-state index contributed by atoms with van der Waals surface area (Å²) in [6.45, 7) is 14.3. The van der Waals surface area contributed by atoms with E-state index in [4.69, 9.17) is 21.8 Å². The van der Waals surface area contributed by atoms with Crippen molar-refractivity contribution in [1.82, 2.24) is 10.2 Å². The average Bonchev–Trinajstić information content (AvgIpc) is 3.34. The van der Waals surface area contributed by atoms with Crippen LogP contribution in [-0.4, -0.2) is 89.0 Å². The highest BCUT2D eigenvalue weighted by atomic mass is 35.5. The molecule has 0 unspecified atom stereocenters. The molecular formula is C55H69ClN2O8P2. The first-order chi connectivity index (χ1) is 32.2. The predicted molar refractivity (Wildman–Crippen MR) is 282 cm³/mol. The SMILES string of the molecule is C.Cc1cc(C)c(C(=O)P(=O)(c2ccccc2)c2ccccc2)c(C)c1CCl.Cc1cc(C)c(C(=O)P(=O)(c2ccccc2)c2ccccc2)c(C)c1CN(CCO)CCO.OCCNCCO. The van der Waals surface area contributed by atoms with Crippen LogP contribution < -0.4 is 26.5 Å². The van der Waals surface area contributed by atoms with E-state index in [1.165, 1.54) is 0 Å². The summed E-state index contributed by atoms with van der Waals surface area (Å²) in [6.07, 6.45) is 0. The van der Waals surface area contributed by atoms with Gasteiger partial charge in [-0.15, -0.1) is 11.6 Å². The normalized spacial score (nSPS) is 11.2. The molecule has 0 bridgehead atoms. The molecule has 6 rings (SSSR count). The first-order valence-corrected chi connectivity index (χ1v) is 26.3. The predicted octanol–water partition coefficient (Wildman–Crippen LogP) is 8.25. The summed E-state index contributed by atoms with van der Waals surface area (Å²) in [7, 11) is -7.14. The van der Waals surface area contributed by atoms with E-state index >= 15 is 0 Å². The minimum absolute atomic E-state index is 0. The van der Waals surface area contributed by atoms with E-state index in [1.807, 2.05) is 107 Å². The Hall–Kier alpha value is -4.83. The molecule has 6 aromatic carbocycles. The Bertz CT molecular complexity index is 2540. The van der Waals surface area contributed by atoms with Gasteiger partial charge in [-0.1, -0.05) is 141 Å². The van der Waals surface area contributed by atoms with Crippen LogP contribution in [-0.2, 0) is 21.6 Å². The Kier molecular flexibility index (Phi) is 23.7. The number of aliphatic hydroxyl groups excluding tert-OH is 4. The first kappa shape index (κ1) is 57.5. The fraction of sp³-hybridized carbons (Fsp3) is 0.309. The largest absolute Gasteiger partial charge is 0.395 e. The first-order valence-electron chi connectivity index (χ1n) is 22.3. The lowest BCUT2D eigenvalue weighted by Gasteiger charge is -2.26. The maximum absolute atomic E-state index is 14.6. The minimum Gasteiger partial charge on any atom is -0.395 e. The van der Waals surface area contributed by atoms with Crippen LogP contribution >= 0.6 is 25.9 Å². The molecule has 68 heavy (non-hydrogen) atoms. The van der Waals surface area contributed by atoms with Crippen molar-refractivity contribution in [2.24, 2.45) is 0 Å². The zero-order valence-corrected chi connectivity index (χ0v) is 42.0. The highest BCUT2D eigenvalue weighted by molar-refractivity contribution is 7.94. The molecule has 0 heterocycles. The number of aryl methyl sites for hydroxylation is 4. The van der Waals surface area contributed by atoms with Gasteiger partial charge in [0, 0.05) is 70.9 Å². The molecule has 13 heteroatoms. The van der Waals surface area contributed by atoms with Gasteiger partial charge in [-0.05, 0) is 86.1 Å². The van der Waals surface area contributed by atoms with Crippen LogP contribution in [0.25, 0.3) is 0 Å². The summed E-state index contributed by atoms with van der Waals surface area (Å²) >= 11 is 6.13. The van der Waals surface area contributed by atoms with Crippen molar-refractivity contribution in [3.05, 3.63) is 189 Å². The number of hydrogen-bond acceptors (Lipinski definition) is 10. The van der Waals surface area contributed by atoms with Crippen LogP contribution in [0.1, 0.15) is 72.7 Å². The Labute approximate surface area is 408 Å². The highest BCUT2D eigenvalue weighted by Gasteiger charge is 2.40. The van der Waals surface area contributed by atoms with E-state index < -0.39 is 14.3 Å². The second-order valence-corrected chi connectivity index (χ2v) is 21.8. The van der Waals surface area contributed by atoms with Gasteiger partial charge < -0.3 is 34.9 Å². The number of halogens is 1. The highest BCUT2D eigenvalue weighted by Crippen LogP contribution is 2.49. The average molecular weight is 984 g/mol. The minimum atomic E-state index is -3.62. The smallest absolute Gasteiger partial charge is 0.230 e. The van der Waals surface area contributed by atoms with Crippen molar-refractivity contribution in [3.8, 4) is 0 Å². The number of aliphatic hydroxyl groups is 4. The summed E-state index contributed by atoms with van der Waals surface area (Å²) in [5.41, 5.74) is 7.50. The molecule has 0 spiro atoms. The van der Waals surface area contributed by atoms with E-state index in [0.717, 1.165) is 44.5 Å². The molecule has 0 aromatic heterocycles. The third kappa shape index (κ3) is 13.7. The number of nitrogens with one attached hydrogen (secondary N) is 1. The van der Waals surface area contributed by atoms with Crippen LogP contribution in [0.5, 0.6) is 0 Å². The molecule has 0 aliphatic rings. The zero-order valence-electron chi connectivity index (χ0n) is 39.4. The topological polar surface area (TPSA) is 164 Å². The van der Waals surface area contributed by atoms with E-state index in [-0.39, 0.29) is 44.9 Å². The molecule has 0 saturated carbocycles. The Morgan fingerprint density at radius 2 is 0.809 bits per heavy atom. The van der Waals surface area contributed by atoms with Crippen LogP contribution in [0.15, 0.2) is 133 Å². The number of benzene rings is 6. The van der Waals surface area contributed by atoms with Gasteiger partial charge in [0.1, 0.15) is 0 Å². The van der Waals surface area contributed by atoms with Gasteiger partial charge in [-0.2, -0.15) is 0 Å². The molecule has 0 atom stereocenters. The van der Waals surface area contributed by atoms with Gasteiger partial charge in [0.15, 0.2) is 0 Å². The van der Waals surface area contributed by atoms with Gasteiger partial charge >= 0.3 is 0 Å². The Morgan fingerprint density at radius 1 is 0.500 bits per heavy atom. The second-order valence-electron chi connectivity index (χ2n) is 16.2. The van der Waals surface area contributed by atoms with E-state index in [1.54, 1.807) is 72.8 Å². The molecule has 0 fully saturated rings. The van der Waals surface area contributed by atoms with Crippen molar-refractivity contribution in [2.75, 3.05) is 52.6 Å². The molecule has 10 nitrogen and oxygen atoms in total. The molecule has 0 saturated heterocycles. The third-order valence-electron chi connectivity index (χ3n) is 11.7. The summed E-state index contributed by atoms with van der Waals surface area (Å²) in [4.78, 5) is 29.9. The summed E-state index contributed by atoms with van der Waals surface area (Å²) in [5.74, 6) is 0.319. The summed E-state index contributed by atoms with van der Waals surface area (Å²) < 4.78 is 28.9. The fourth-order valence-electron chi connectivity index (χ4n) is 8.25. The van der Waals surface area contributed by atoms with Gasteiger partial charge in [0.2, 0.25) is 25.3 Å². The second kappa shape index (κ2) is 28.0. The molecule has 0 aliphatic heterocycles. The molecule has 6 aromatic rings. The van der Waals surface area contributed by atoms with E-state index in [0.29, 0.717) is 70.9 Å². The van der Waals surface area contributed by atoms with Gasteiger partial charge in [0.25, 0.3) is 0 Å². The van der Waals surface area contributed by atoms with Crippen molar-refractivity contribution in [3.63, 3.8) is 0 Å². The Balaban J connectivity index is 0.000000316. The molecule has 0 aliphatic carbocycles. The molecular weight excluding hydrogens is 914 g/mol. The zero-order chi connectivity index (χ0) is 49.1. The standard InChI is InChI=1S/C27H32NO4P.C23H22ClO2P.C4H11NO2.CH4/c1-20-18-21(2)26(22(3)25(20)19-28(14-16-29)15-17-30)27(31)33(32,23-10-6-4-7-11-23)24-12-8-5-9-13-24;1-16-14-17(2)22(18(3)21(16)15-24)23(25)27(26,19-10-6-4-7-11-19)20-12-8-5-9-13-20;6-3-1-5-2-4-7;/h4-13,18,29-30H,14-17,19H2,1-3H3;4-14H,15H2,1-3H3;5-7H,1-4H2;1H4. The number of nitrogens with zero attached hydrogens (tertiary/aromatic N) is 1. The summed E-state index contributed by atoms with van der Waals surface area (Å²) in [6, 6.07) is 39.9. The summed E-state index contributed by atoms with van der Waals surface area (Å²) in [5, 5.41) is 40.0. The maximum atomic E-state index is 14.6. The van der Waals surface area contributed by atoms with E-state index in [2.05, 4.69) is 5.32 Å². The van der Waals surface area contributed by atoms with Gasteiger partial charge in [-0.3, -0.25) is 14.5 Å². The fourth-order valence-corrected chi connectivity index (χ4v) is 13.9. The molecule has 0 radical (unpaired) electrons. The molecule has 5 N–H and O–H groups in total. The number of alkyl halides is 1. The lowest BCUT2D eigenvalue weighted by molar-refractivity contribution is 0.106. The maximum Gasteiger partial charge on any atom is 0.230 e. The third-order valence-corrected chi connectivity index (χ3v) is 17.6. The lowest BCUT2D eigenvalue weighted by atomic mass is 9.93. The number of rotatable bonds is 19. The van der Waals surface area contributed by atoms with Gasteiger partial charge in [-0.25, -0.2) is 0 Å². The quantitative estimate of drug-likeness (QED) is 0.0303.